The lowest BCUT2D eigenvalue weighted by molar-refractivity contribution is 0.121. The van der Waals surface area contributed by atoms with E-state index < -0.39 is 5.54 Å². The average Bonchev–Trinajstić information content (AvgIpc) is 3.29. The van der Waals surface area contributed by atoms with Crippen LogP contribution in [-0.4, -0.2) is 65.5 Å². The Hall–Kier alpha value is -3.31. The molecule has 11 heteroatoms. The fraction of sp³-hybridized carbons (Fsp3) is 0.593. The number of aliphatic hydroxyl groups is 1. The maximum absolute atomic E-state index is 10.1. The molecule has 0 radical (unpaired) electrons. The van der Waals surface area contributed by atoms with Crippen LogP contribution in [0.3, 0.4) is 0 Å². The van der Waals surface area contributed by atoms with Crippen LogP contribution in [0.15, 0.2) is 29.1 Å². The molecule has 0 saturated heterocycles. The third-order valence-electron chi connectivity index (χ3n) is 7.81. The molecule has 0 spiro atoms. The van der Waals surface area contributed by atoms with Crippen LogP contribution in [0.2, 0.25) is 0 Å². The molecule has 0 aromatic carbocycles. The molecule has 4 aromatic heterocycles. The molecule has 1 atom stereocenters. The number of aromatic nitrogens is 7. The van der Waals surface area contributed by atoms with Crippen LogP contribution in [-0.2, 0) is 10.3 Å². The molecular formula is C27H36N8O3. The largest absolute Gasteiger partial charge is 0.422 e. The Morgan fingerprint density at radius 2 is 1.89 bits per heavy atom. The van der Waals surface area contributed by atoms with Gasteiger partial charge in [0.1, 0.15) is 5.54 Å². The highest BCUT2D eigenvalue weighted by Crippen LogP contribution is 2.41. The van der Waals surface area contributed by atoms with E-state index in [4.69, 9.17) is 19.4 Å². The van der Waals surface area contributed by atoms with Gasteiger partial charge in [0.15, 0.2) is 0 Å². The summed E-state index contributed by atoms with van der Waals surface area (Å²) in [6.45, 7) is 6.66. The zero-order chi connectivity index (χ0) is 26.4. The highest BCUT2D eigenvalue weighted by molar-refractivity contribution is 5.81. The Bertz CT molecular complexity index is 1410. The van der Waals surface area contributed by atoms with Crippen LogP contribution < -0.4 is 5.32 Å². The van der Waals surface area contributed by atoms with E-state index in [1.165, 1.54) is 0 Å². The summed E-state index contributed by atoms with van der Waals surface area (Å²) in [7, 11) is 1.68. The molecule has 2 fully saturated rings. The van der Waals surface area contributed by atoms with E-state index in [0.29, 0.717) is 30.3 Å². The van der Waals surface area contributed by atoms with E-state index in [-0.39, 0.29) is 12.1 Å². The summed E-state index contributed by atoms with van der Waals surface area (Å²) < 4.78 is 15.2. The summed E-state index contributed by atoms with van der Waals surface area (Å²) in [6.07, 6.45) is 11.2. The van der Waals surface area contributed by atoms with Gasteiger partial charge in [0.2, 0.25) is 17.7 Å². The molecule has 4 aromatic rings. The fourth-order valence-electron chi connectivity index (χ4n) is 5.33. The summed E-state index contributed by atoms with van der Waals surface area (Å²) in [5.41, 5.74) is 3.44. The summed E-state index contributed by atoms with van der Waals surface area (Å²) >= 11 is 0. The molecule has 202 valence electrons. The number of hydrogen-bond donors (Lipinski definition) is 2. The first-order valence-electron chi connectivity index (χ1n) is 13.5. The Balaban J connectivity index is 1.36. The van der Waals surface area contributed by atoms with Crippen LogP contribution in [0.25, 0.3) is 16.6 Å². The van der Waals surface area contributed by atoms with Crippen LogP contribution in [0.5, 0.6) is 0 Å². The SMILES string of the molecule is COC[C@H](C)Nc1ncc2c(-c3cnn(C(C)(C)c4nnc(C5CC5)o4)c3)cc(C3CCC(O)CC3)n2n1. The molecule has 0 unspecified atom stereocenters. The van der Waals surface area contributed by atoms with Crippen molar-refractivity contribution in [2.75, 3.05) is 19.0 Å². The van der Waals surface area contributed by atoms with Crippen LogP contribution in [0.4, 0.5) is 5.95 Å². The van der Waals surface area contributed by atoms with Gasteiger partial charge in [-0.3, -0.25) is 4.68 Å². The average molecular weight is 521 g/mol. The summed E-state index contributed by atoms with van der Waals surface area (Å²) in [6, 6.07) is 2.28. The van der Waals surface area contributed by atoms with Crippen molar-refractivity contribution in [2.24, 2.45) is 0 Å². The molecule has 2 saturated carbocycles. The second-order valence-corrected chi connectivity index (χ2v) is 11.3. The van der Waals surface area contributed by atoms with Gasteiger partial charge in [-0.1, -0.05) is 0 Å². The minimum absolute atomic E-state index is 0.0753. The van der Waals surface area contributed by atoms with Crippen LogP contribution >= 0.6 is 0 Å². The Labute approximate surface area is 221 Å². The van der Waals surface area contributed by atoms with Crippen molar-refractivity contribution < 1.29 is 14.3 Å². The molecule has 38 heavy (non-hydrogen) atoms. The Morgan fingerprint density at radius 1 is 1.13 bits per heavy atom. The number of methoxy groups -OCH3 is 1. The number of rotatable bonds is 9. The standard InChI is InChI=1S/C27H36N8O3/c1-16(15-37-4)30-26-28-13-23-21(11-22(35(23)33-26)17-7-9-20(36)10-8-17)19-12-29-34(14-19)27(2,3)25-32-31-24(38-25)18-5-6-18/h11-14,16-18,20,36H,5-10,15H2,1-4H3,(H,30,33)/t16-,17?,20?/m0/s1. The molecule has 2 aliphatic rings. The van der Waals surface area contributed by atoms with E-state index in [1.54, 1.807) is 7.11 Å². The molecule has 0 bridgehead atoms. The monoisotopic (exact) mass is 520 g/mol. The lowest BCUT2D eigenvalue weighted by Crippen LogP contribution is -2.28. The number of nitrogens with zero attached hydrogens (tertiary/aromatic N) is 7. The fourth-order valence-corrected chi connectivity index (χ4v) is 5.33. The summed E-state index contributed by atoms with van der Waals surface area (Å²) in [5.74, 6) is 2.55. The third-order valence-corrected chi connectivity index (χ3v) is 7.81. The normalized spacial score (nSPS) is 21.2. The summed E-state index contributed by atoms with van der Waals surface area (Å²) in [4.78, 5) is 4.61. The van der Waals surface area contributed by atoms with E-state index in [0.717, 1.165) is 66.8 Å². The molecule has 0 aliphatic heterocycles. The molecule has 6 rings (SSSR count). The van der Waals surface area contributed by atoms with Gasteiger partial charge in [-0.15, -0.1) is 15.3 Å². The van der Waals surface area contributed by atoms with Gasteiger partial charge >= 0.3 is 0 Å². The number of ether oxygens (including phenoxy) is 1. The quantitative estimate of drug-likeness (QED) is 0.335. The Kier molecular flexibility index (Phi) is 6.43. The van der Waals surface area contributed by atoms with Gasteiger partial charge in [-0.25, -0.2) is 9.50 Å². The molecule has 11 nitrogen and oxygen atoms in total. The predicted octanol–water partition coefficient (Wildman–Crippen LogP) is 4.10. The molecule has 4 heterocycles. The van der Waals surface area contributed by atoms with Crippen molar-refractivity contribution in [3.63, 3.8) is 0 Å². The van der Waals surface area contributed by atoms with Crippen molar-refractivity contribution in [1.82, 2.24) is 34.6 Å². The first-order valence-corrected chi connectivity index (χ1v) is 13.5. The molecule has 2 N–H and O–H groups in total. The van der Waals surface area contributed by atoms with Gasteiger partial charge in [-0.2, -0.15) is 5.10 Å². The highest BCUT2D eigenvalue weighted by atomic mass is 16.5. The minimum Gasteiger partial charge on any atom is -0.422 e. The van der Waals surface area contributed by atoms with Crippen LogP contribution in [0, 0.1) is 0 Å². The van der Waals surface area contributed by atoms with Gasteiger partial charge in [-0.05, 0) is 65.4 Å². The maximum atomic E-state index is 10.1. The number of fused-ring (bicyclic) bond motifs is 1. The number of aliphatic hydroxyl groups excluding tert-OH is 1. The number of nitrogens with one attached hydrogen (secondary N) is 1. The lowest BCUT2D eigenvalue weighted by Gasteiger charge is -2.25. The van der Waals surface area contributed by atoms with Crippen molar-refractivity contribution in [1.29, 1.82) is 0 Å². The van der Waals surface area contributed by atoms with Crippen molar-refractivity contribution in [2.45, 2.75) is 88.8 Å². The smallest absolute Gasteiger partial charge is 0.243 e. The first kappa shape index (κ1) is 25.0. The second kappa shape index (κ2) is 9.77. The topological polar surface area (TPSA) is 128 Å². The van der Waals surface area contributed by atoms with E-state index in [1.807, 2.05) is 48.6 Å². The van der Waals surface area contributed by atoms with Gasteiger partial charge in [0.25, 0.3) is 0 Å². The van der Waals surface area contributed by atoms with E-state index in [2.05, 4.69) is 26.6 Å². The van der Waals surface area contributed by atoms with Gasteiger partial charge < -0.3 is 19.6 Å². The zero-order valence-electron chi connectivity index (χ0n) is 22.5. The Morgan fingerprint density at radius 3 is 2.63 bits per heavy atom. The van der Waals surface area contributed by atoms with Crippen molar-refractivity contribution >= 4 is 11.5 Å². The van der Waals surface area contributed by atoms with Crippen molar-refractivity contribution in [3.05, 3.63) is 42.1 Å². The van der Waals surface area contributed by atoms with E-state index >= 15 is 0 Å². The first-order chi connectivity index (χ1) is 18.3. The molecule has 2 aliphatic carbocycles. The predicted molar refractivity (Wildman–Crippen MR) is 141 cm³/mol. The van der Waals surface area contributed by atoms with E-state index in [9.17, 15) is 5.11 Å². The maximum Gasteiger partial charge on any atom is 0.243 e. The third kappa shape index (κ3) is 4.69. The van der Waals surface area contributed by atoms with Crippen LogP contribution in [0.1, 0.15) is 88.6 Å². The molecule has 0 amide bonds. The number of hydrogen-bond acceptors (Lipinski definition) is 9. The van der Waals surface area contributed by atoms with Crippen molar-refractivity contribution in [3.8, 4) is 11.1 Å². The summed E-state index contributed by atoms with van der Waals surface area (Å²) in [5, 5.41) is 31.6. The van der Waals surface area contributed by atoms with Gasteiger partial charge in [0.05, 0.1) is 30.6 Å². The molecular weight excluding hydrogens is 484 g/mol. The highest BCUT2D eigenvalue weighted by Gasteiger charge is 2.35. The second-order valence-electron chi connectivity index (χ2n) is 11.3. The number of anilines is 1. The van der Waals surface area contributed by atoms with Gasteiger partial charge in [0, 0.05) is 48.0 Å². The lowest BCUT2D eigenvalue weighted by atomic mass is 9.85. The minimum atomic E-state index is -0.596. The zero-order valence-corrected chi connectivity index (χ0v) is 22.5.